The lowest BCUT2D eigenvalue weighted by Gasteiger charge is -2.33. The lowest BCUT2D eigenvalue weighted by Crippen LogP contribution is -2.43. The molecule has 0 aromatic carbocycles. The minimum absolute atomic E-state index is 0.309. The van der Waals surface area contributed by atoms with Crippen LogP contribution in [0.4, 0.5) is 5.95 Å². The third kappa shape index (κ3) is 3.69. The molecule has 0 aliphatic carbocycles. The van der Waals surface area contributed by atoms with Crippen molar-refractivity contribution in [2.75, 3.05) is 25.1 Å². The highest BCUT2D eigenvalue weighted by molar-refractivity contribution is 5.75. The molecule has 116 valence electrons. The van der Waals surface area contributed by atoms with Crippen LogP contribution < -0.4 is 5.32 Å². The molecule has 1 aliphatic rings. The molecule has 0 atom stereocenters. The van der Waals surface area contributed by atoms with Gasteiger partial charge in [-0.1, -0.05) is 13.8 Å². The van der Waals surface area contributed by atoms with Crippen molar-refractivity contribution in [1.82, 2.24) is 9.97 Å². The summed E-state index contributed by atoms with van der Waals surface area (Å²) in [5, 5.41) is 12.6. The zero-order valence-corrected chi connectivity index (χ0v) is 12.8. The van der Waals surface area contributed by atoms with Gasteiger partial charge < -0.3 is 15.2 Å². The molecule has 1 aromatic heterocycles. The highest BCUT2D eigenvalue weighted by Gasteiger charge is 2.40. The zero-order valence-electron chi connectivity index (χ0n) is 12.8. The van der Waals surface area contributed by atoms with Crippen molar-refractivity contribution in [3.63, 3.8) is 0 Å². The van der Waals surface area contributed by atoms with E-state index in [-0.39, 0.29) is 0 Å². The van der Waals surface area contributed by atoms with Crippen molar-refractivity contribution in [2.24, 2.45) is 5.41 Å². The Morgan fingerprint density at radius 3 is 2.67 bits per heavy atom. The summed E-state index contributed by atoms with van der Waals surface area (Å²) in [4.78, 5) is 20.4. The molecular weight excluding hydrogens is 270 g/mol. The fourth-order valence-corrected chi connectivity index (χ4v) is 2.44. The van der Waals surface area contributed by atoms with Gasteiger partial charge in [0.15, 0.2) is 0 Å². The van der Waals surface area contributed by atoms with E-state index in [0.717, 1.165) is 11.4 Å². The van der Waals surface area contributed by atoms with E-state index in [1.54, 1.807) is 0 Å². The quantitative estimate of drug-likeness (QED) is 0.866. The standard InChI is InChI=1S/C15H23N3O3/c1-10(2)12-8-11(3)17-14(18-12)16-9-15(13(19)20)4-6-21-7-5-15/h8,10H,4-7,9H2,1-3H3,(H,19,20)(H,16,17,18). The highest BCUT2D eigenvalue weighted by atomic mass is 16.5. The van der Waals surface area contributed by atoms with Gasteiger partial charge >= 0.3 is 5.97 Å². The number of aromatic nitrogens is 2. The molecule has 21 heavy (non-hydrogen) atoms. The van der Waals surface area contributed by atoms with Gasteiger partial charge in [-0.3, -0.25) is 4.79 Å². The van der Waals surface area contributed by atoms with E-state index in [4.69, 9.17) is 4.74 Å². The summed E-state index contributed by atoms with van der Waals surface area (Å²) in [7, 11) is 0. The topological polar surface area (TPSA) is 84.3 Å². The average Bonchev–Trinajstić information content (AvgIpc) is 2.45. The number of aryl methyl sites for hydroxylation is 1. The molecule has 2 N–H and O–H groups in total. The Bertz CT molecular complexity index is 511. The zero-order chi connectivity index (χ0) is 15.5. The van der Waals surface area contributed by atoms with Crippen LogP contribution in [-0.2, 0) is 9.53 Å². The van der Waals surface area contributed by atoms with E-state index < -0.39 is 11.4 Å². The molecule has 6 nitrogen and oxygen atoms in total. The number of ether oxygens (including phenoxy) is 1. The summed E-state index contributed by atoms with van der Waals surface area (Å²) in [5.74, 6) is 0.0321. The number of nitrogens with zero attached hydrogens (tertiary/aromatic N) is 2. The molecule has 0 saturated carbocycles. The van der Waals surface area contributed by atoms with Gasteiger partial charge in [-0.15, -0.1) is 0 Å². The van der Waals surface area contributed by atoms with Crippen LogP contribution in [0.15, 0.2) is 6.07 Å². The van der Waals surface area contributed by atoms with Crippen LogP contribution in [0.25, 0.3) is 0 Å². The first kappa shape index (κ1) is 15.7. The van der Waals surface area contributed by atoms with Crippen molar-refractivity contribution in [3.8, 4) is 0 Å². The predicted octanol–water partition coefficient (Wildman–Crippen LogP) is 2.20. The smallest absolute Gasteiger partial charge is 0.311 e. The molecule has 2 rings (SSSR count). The first-order valence-electron chi connectivity index (χ1n) is 7.33. The van der Waals surface area contributed by atoms with Gasteiger partial charge in [0, 0.05) is 31.1 Å². The number of carboxylic acids is 1. The van der Waals surface area contributed by atoms with Crippen molar-refractivity contribution < 1.29 is 14.6 Å². The van der Waals surface area contributed by atoms with E-state index in [2.05, 4.69) is 29.1 Å². The van der Waals surface area contributed by atoms with Crippen LogP contribution in [0.3, 0.4) is 0 Å². The summed E-state index contributed by atoms with van der Waals surface area (Å²) in [6, 6.07) is 1.96. The normalized spacial score (nSPS) is 17.7. The number of anilines is 1. The molecule has 1 fully saturated rings. The summed E-state index contributed by atoms with van der Waals surface area (Å²) < 4.78 is 5.27. The van der Waals surface area contributed by atoms with Crippen LogP contribution >= 0.6 is 0 Å². The Balaban J connectivity index is 2.12. The van der Waals surface area contributed by atoms with Crippen molar-refractivity contribution >= 4 is 11.9 Å². The molecule has 1 saturated heterocycles. The molecule has 0 amide bonds. The maximum absolute atomic E-state index is 11.6. The fourth-order valence-electron chi connectivity index (χ4n) is 2.44. The van der Waals surface area contributed by atoms with Crippen molar-refractivity contribution in [1.29, 1.82) is 0 Å². The Morgan fingerprint density at radius 1 is 1.43 bits per heavy atom. The summed E-state index contributed by atoms with van der Waals surface area (Å²) >= 11 is 0. The number of carbonyl (C=O) groups is 1. The first-order valence-corrected chi connectivity index (χ1v) is 7.33. The van der Waals surface area contributed by atoms with E-state index in [0.29, 0.717) is 44.5 Å². The van der Waals surface area contributed by atoms with Gasteiger partial charge in [0.25, 0.3) is 0 Å². The molecule has 0 spiro atoms. The summed E-state index contributed by atoms with van der Waals surface area (Å²) in [6.07, 6.45) is 1.02. The highest BCUT2D eigenvalue weighted by Crippen LogP contribution is 2.31. The maximum Gasteiger partial charge on any atom is 0.311 e. The predicted molar refractivity (Wildman–Crippen MR) is 79.5 cm³/mol. The third-order valence-corrected chi connectivity index (χ3v) is 3.95. The molecule has 2 heterocycles. The van der Waals surface area contributed by atoms with Crippen molar-refractivity contribution in [3.05, 3.63) is 17.5 Å². The van der Waals surface area contributed by atoms with Gasteiger partial charge in [0.05, 0.1) is 5.41 Å². The van der Waals surface area contributed by atoms with Crippen LogP contribution in [0, 0.1) is 12.3 Å². The molecule has 1 aromatic rings. The molecule has 0 unspecified atom stereocenters. The van der Waals surface area contributed by atoms with Crippen molar-refractivity contribution in [2.45, 2.75) is 39.5 Å². The average molecular weight is 293 g/mol. The maximum atomic E-state index is 11.6. The summed E-state index contributed by atoms with van der Waals surface area (Å²) in [5.41, 5.74) is 1.05. The Kier molecular flexibility index (Phi) is 4.77. The monoisotopic (exact) mass is 293 g/mol. The third-order valence-electron chi connectivity index (χ3n) is 3.95. The van der Waals surface area contributed by atoms with Crippen LogP contribution in [0.1, 0.15) is 44.0 Å². The fraction of sp³-hybridized carbons (Fsp3) is 0.667. The van der Waals surface area contributed by atoms with E-state index in [1.165, 1.54) is 0 Å². The number of aliphatic carboxylic acids is 1. The first-order chi connectivity index (χ1) is 9.93. The van der Waals surface area contributed by atoms with Gasteiger partial charge in [-0.05, 0) is 31.7 Å². The molecule has 6 heteroatoms. The molecule has 0 radical (unpaired) electrons. The molecular formula is C15H23N3O3. The van der Waals surface area contributed by atoms with Crippen LogP contribution in [-0.4, -0.2) is 40.8 Å². The second-order valence-electron chi connectivity index (χ2n) is 5.96. The number of hydrogen-bond donors (Lipinski definition) is 2. The largest absolute Gasteiger partial charge is 0.481 e. The van der Waals surface area contributed by atoms with Gasteiger partial charge in [-0.2, -0.15) is 0 Å². The minimum Gasteiger partial charge on any atom is -0.481 e. The van der Waals surface area contributed by atoms with Crippen LogP contribution in [0.2, 0.25) is 0 Å². The Labute approximate surface area is 124 Å². The SMILES string of the molecule is Cc1cc(C(C)C)nc(NCC2(C(=O)O)CCOCC2)n1. The lowest BCUT2D eigenvalue weighted by atomic mass is 9.80. The van der Waals surface area contributed by atoms with E-state index in [1.807, 2.05) is 13.0 Å². The summed E-state index contributed by atoms with van der Waals surface area (Å²) in [6.45, 7) is 7.36. The molecule has 0 bridgehead atoms. The molecule has 1 aliphatic heterocycles. The lowest BCUT2D eigenvalue weighted by molar-refractivity contribution is -0.153. The second-order valence-corrected chi connectivity index (χ2v) is 5.96. The Morgan fingerprint density at radius 2 is 2.10 bits per heavy atom. The number of hydrogen-bond acceptors (Lipinski definition) is 5. The van der Waals surface area contributed by atoms with Crippen LogP contribution in [0.5, 0.6) is 0 Å². The van der Waals surface area contributed by atoms with Gasteiger partial charge in [0.2, 0.25) is 5.95 Å². The van der Waals surface area contributed by atoms with Gasteiger partial charge in [0.1, 0.15) is 0 Å². The second kappa shape index (κ2) is 6.39. The van der Waals surface area contributed by atoms with E-state index in [9.17, 15) is 9.90 Å². The number of rotatable bonds is 5. The van der Waals surface area contributed by atoms with Gasteiger partial charge in [-0.25, -0.2) is 9.97 Å². The number of nitrogens with one attached hydrogen (secondary N) is 1. The van der Waals surface area contributed by atoms with E-state index >= 15 is 0 Å². The Hall–Kier alpha value is -1.69. The minimum atomic E-state index is -0.788. The number of carboxylic acid groups (broad SMARTS) is 1.